The van der Waals surface area contributed by atoms with Gasteiger partial charge in [-0.25, -0.2) is 0 Å². The fourth-order valence-corrected chi connectivity index (χ4v) is 2.37. The quantitative estimate of drug-likeness (QED) is 0.869. The summed E-state index contributed by atoms with van der Waals surface area (Å²) in [5.41, 5.74) is 5.41. The van der Waals surface area contributed by atoms with Crippen LogP contribution < -0.4 is 5.73 Å². The van der Waals surface area contributed by atoms with Crippen molar-refractivity contribution in [2.75, 3.05) is 27.2 Å². The highest BCUT2D eigenvalue weighted by Gasteiger charge is 2.24. The molecule has 6 nitrogen and oxygen atoms in total. The standard InChI is InChI=1S/C13H25N5O/c1-13(2,14)12-15-11(19-16-12)9-18-7-5-10(6-8-18)17(3)4/h10H,5-9,14H2,1-4H3. The summed E-state index contributed by atoms with van der Waals surface area (Å²) in [7, 11) is 4.29. The van der Waals surface area contributed by atoms with Gasteiger partial charge in [0.15, 0.2) is 5.82 Å². The zero-order valence-electron chi connectivity index (χ0n) is 12.4. The van der Waals surface area contributed by atoms with Crippen LogP contribution in [0.3, 0.4) is 0 Å². The molecule has 0 unspecified atom stereocenters. The molecule has 1 fully saturated rings. The third-order valence-electron chi connectivity index (χ3n) is 3.69. The highest BCUT2D eigenvalue weighted by molar-refractivity contribution is 4.99. The number of nitrogens with zero attached hydrogens (tertiary/aromatic N) is 4. The molecule has 0 bridgehead atoms. The average molecular weight is 267 g/mol. The molecular formula is C13H25N5O. The van der Waals surface area contributed by atoms with E-state index in [1.54, 1.807) is 0 Å². The summed E-state index contributed by atoms with van der Waals surface area (Å²) in [6, 6.07) is 0.692. The van der Waals surface area contributed by atoms with Crippen molar-refractivity contribution in [3.05, 3.63) is 11.7 Å². The SMILES string of the molecule is CN(C)C1CCN(Cc2nc(C(C)(C)N)no2)CC1. The largest absolute Gasteiger partial charge is 0.338 e. The van der Waals surface area contributed by atoms with E-state index in [4.69, 9.17) is 10.3 Å². The number of nitrogens with two attached hydrogens (primary N) is 1. The van der Waals surface area contributed by atoms with Crippen molar-refractivity contribution in [2.24, 2.45) is 5.73 Å². The molecule has 1 aliphatic heterocycles. The van der Waals surface area contributed by atoms with Crippen molar-refractivity contribution in [2.45, 2.75) is 44.8 Å². The smallest absolute Gasteiger partial charge is 0.240 e. The first kappa shape index (κ1) is 14.4. The molecule has 0 amide bonds. The van der Waals surface area contributed by atoms with E-state index in [-0.39, 0.29) is 0 Å². The summed E-state index contributed by atoms with van der Waals surface area (Å²) in [4.78, 5) is 9.04. The molecule has 2 heterocycles. The van der Waals surface area contributed by atoms with Gasteiger partial charge in [0.05, 0.1) is 12.1 Å². The Labute approximate surface area is 114 Å². The minimum absolute atomic E-state index is 0.542. The van der Waals surface area contributed by atoms with E-state index in [0.717, 1.165) is 19.6 Å². The van der Waals surface area contributed by atoms with Crippen LogP contribution in [0.4, 0.5) is 0 Å². The van der Waals surface area contributed by atoms with Crippen LogP contribution in [0.5, 0.6) is 0 Å². The van der Waals surface area contributed by atoms with Gasteiger partial charge in [0.25, 0.3) is 0 Å². The fraction of sp³-hybridized carbons (Fsp3) is 0.846. The van der Waals surface area contributed by atoms with E-state index >= 15 is 0 Å². The maximum Gasteiger partial charge on any atom is 0.240 e. The van der Waals surface area contributed by atoms with Crippen molar-refractivity contribution in [3.63, 3.8) is 0 Å². The first-order valence-corrected chi connectivity index (χ1v) is 6.87. The normalized spacial score (nSPS) is 19.3. The van der Waals surface area contributed by atoms with E-state index in [1.165, 1.54) is 12.8 Å². The lowest BCUT2D eigenvalue weighted by Crippen LogP contribution is -2.41. The first-order valence-electron chi connectivity index (χ1n) is 6.87. The van der Waals surface area contributed by atoms with Gasteiger partial charge in [-0.05, 0) is 40.8 Å². The minimum Gasteiger partial charge on any atom is -0.338 e. The lowest BCUT2D eigenvalue weighted by molar-refractivity contribution is 0.129. The summed E-state index contributed by atoms with van der Waals surface area (Å²) in [6.07, 6.45) is 2.38. The molecule has 1 aromatic rings. The molecule has 0 spiro atoms. The van der Waals surface area contributed by atoms with E-state index in [9.17, 15) is 0 Å². The Morgan fingerprint density at radius 2 is 2.00 bits per heavy atom. The van der Waals surface area contributed by atoms with Gasteiger partial charge >= 0.3 is 0 Å². The molecule has 1 aliphatic rings. The number of aromatic nitrogens is 2. The Kier molecular flexibility index (Phi) is 4.23. The average Bonchev–Trinajstić information content (AvgIpc) is 2.78. The second-order valence-corrected chi connectivity index (χ2v) is 6.20. The van der Waals surface area contributed by atoms with Crippen LogP contribution in [-0.2, 0) is 12.1 Å². The first-order chi connectivity index (χ1) is 8.86. The molecule has 108 valence electrons. The van der Waals surface area contributed by atoms with Gasteiger partial charge in [-0.3, -0.25) is 4.90 Å². The molecule has 0 aliphatic carbocycles. The Balaban J connectivity index is 1.87. The van der Waals surface area contributed by atoms with E-state index in [0.29, 0.717) is 17.8 Å². The molecule has 2 rings (SSSR count). The highest BCUT2D eigenvalue weighted by Crippen LogP contribution is 2.17. The maximum atomic E-state index is 5.95. The predicted molar refractivity (Wildman–Crippen MR) is 73.5 cm³/mol. The van der Waals surface area contributed by atoms with Crippen LogP contribution in [0.2, 0.25) is 0 Å². The topological polar surface area (TPSA) is 71.4 Å². The van der Waals surface area contributed by atoms with Crippen LogP contribution in [0.15, 0.2) is 4.52 Å². The monoisotopic (exact) mass is 267 g/mol. The van der Waals surface area contributed by atoms with Gasteiger partial charge < -0.3 is 15.2 Å². The van der Waals surface area contributed by atoms with Crippen molar-refractivity contribution < 1.29 is 4.52 Å². The predicted octanol–water partition coefficient (Wildman–Crippen LogP) is 0.789. The molecule has 2 N–H and O–H groups in total. The Bertz CT molecular complexity index is 401. The highest BCUT2D eigenvalue weighted by atomic mass is 16.5. The van der Waals surface area contributed by atoms with Gasteiger partial charge in [-0.2, -0.15) is 4.98 Å². The van der Waals surface area contributed by atoms with Crippen LogP contribution >= 0.6 is 0 Å². The number of likely N-dealkylation sites (tertiary alicyclic amines) is 1. The number of rotatable bonds is 4. The van der Waals surface area contributed by atoms with Gasteiger partial charge in [0.1, 0.15) is 0 Å². The molecule has 1 aromatic heterocycles. The van der Waals surface area contributed by atoms with E-state index in [1.807, 2.05) is 13.8 Å². The van der Waals surface area contributed by atoms with Crippen LogP contribution in [0.1, 0.15) is 38.4 Å². The zero-order chi connectivity index (χ0) is 14.0. The molecule has 0 aromatic carbocycles. The third-order valence-corrected chi connectivity index (χ3v) is 3.69. The molecule has 19 heavy (non-hydrogen) atoms. The van der Waals surface area contributed by atoms with Crippen LogP contribution in [-0.4, -0.2) is 53.2 Å². The second-order valence-electron chi connectivity index (χ2n) is 6.20. The Morgan fingerprint density at radius 3 is 2.47 bits per heavy atom. The zero-order valence-corrected chi connectivity index (χ0v) is 12.4. The van der Waals surface area contributed by atoms with Gasteiger partial charge in [-0.15, -0.1) is 0 Å². The number of hydrogen-bond donors (Lipinski definition) is 1. The number of hydrogen-bond acceptors (Lipinski definition) is 6. The third kappa shape index (κ3) is 3.75. The van der Waals surface area contributed by atoms with E-state index < -0.39 is 5.54 Å². The molecular weight excluding hydrogens is 242 g/mol. The van der Waals surface area contributed by atoms with Crippen molar-refractivity contribution in [1.29, 1.82) is 0 Å². The Hall–Kier alpha value is -0.980. The summed E-state index contributed by atoms with van der Waals surface area (Å²) < 4.78 is 5.27. The fourth-order valence-electron chi connectivity index (χ4n) is 2.37. The lowest BCUT2D eigenvalue weighted by Gasteiger charge is -2.34. The molecule has 0 atom stereocenters. The summed E-state index contributed by atoms with van der Waals surface area (Å²) in [5.74, 6) is 1.24. The van der Waals surface area contributed by atoms with E-state index in [2.05, 4.69) is 34.0 Å². The molecule has 0 radical (unpaired) electrons. The van der Waals surface area contributed by atoms with Crippen LogP contribution in [0.25, 0.3) is 0 Å². The van der Waals surface area contributed by atoms with Crippen LogP contribution in [0, 0.1) is 0 Å². The minimum atomic E-state index is -0.542. The lowest BCUT2D eigenvalue weighted by atomic mass is 10.0. The molecule has 0 saturated carbocycles. The van der Waals surface area contributed by atoms with Crippen molar-refractivity contribution >= 4 is 0 Å². The van der Waals surface area contributed by atoms with Gasteiger partial charge in [0, 0.05) is 19.1 Å². The Morgan fingerprint density at radius 1 is 1.37 bits per heavy atom. The second kappa shape index (κ2) is 5.56. The maximum absolute atomic E-state index is 5.95. The van der Waals surface area contributed by atoms with Crippen molar-refractivity contribution in [1.82, 2.24) is 19.9 Å². The summed E-state index contributed by atoms with van der Waals surface area (Å²) in [6.45, 7) is 6.64. The summed E-state index contributed by atoms with van der Waals surface area (Å²) >= 11 is 0. The van der Waals surface area contributed by atoms with Gasteiger partial charge in [0.2, 0.25) is 5.89 Å². The number of piperidine rings is 1. The van der Waals surface area contributed by atoms with Gasteiger partial charge in [-0.1, -0.05) is 5.16 Å². The van der Waals surface area contributed by atoms with Crippen molar-refractivity contribution in [3.8, 4) is 0 Å². The summed E-state index contributed by atoms with van der Waals surface area (Å²) in [5, 5.41) is 3.95. The molecule has 6 heteroatoms. The molecule has 1 saturated heterocycles.